The van der Waals surface area contributed by atoms with Gasteiger partial charge in [0.1, 0.15) is 6.04 Å². The van der Waals surface area contributed by atoms with Crippen molar-refractivity contribution in [1.82, 2.24) is 5.32 Å². The zero-order valence-corrected chi connectivity index (χ0v) is 7.70. The summed E-state index contributed by atoms with van der Waals surface area (Å²) in [6.07, 6.45) is 1.15. The zero-order valence-electron chi connectivity index (χ0n) is 7.70. The highest BCUT2D eigenvalue weighted by molar-refractivity contribution is 5.81. The van der Waals surface area contributed by atoms with Crippen LogP contribution in [0.3, 0.4) is 0 Å². The third-order valence-electron chi connectivity index (χ3n) is 1.37. The quantitative estimate of drug-likeness (QED) is 0.513. The molecule has 0 radical (unpaired) electrons. The molecule has 0 fully saturated rings. The van der Waals surface area contributed by atoms with Crippen LogP contribution in [0.25, 0.3) is 0 Å². The molecule has 13 heavy (non-hydrogen) atoms. The Bertz CT molecular complexity index is 202. The number of alkyl carbamates (subject to hydrolysis) is 1. The molecule has 74 valence electrons. The molecule has 1 N–H and O–H groups in total. The van der Waals surface area contributed by atoms with Crippen LogP contribution in [0, 0.1) is 0 Å². The first-order valence-electron chi connectivity index (χ1n) is 3.69. The highest BCUT2D eigenvalue weighted by atomic mass is 16.5. The standard InChI is InChI=1S/C8H13NO4/c1-4-5-6(7(10)12-2)9-8(11)13-3/h4,6H,1,5H2,2-3H3,(H,9,11)/t6-/m0/s1. The average molecular weight is 187 g/mol. The number of carbonyl (C=O) groups excluding carboxylic acids is 2. The lowest BCUT2D eigenvalue weighted by Gasteiger charge is -2.13. The Morgan fingerprint density at radius 1 is 1.46 bits per heavy atom. The van der Waals surface area contributed by atoms with E-state index in [2.05, 4.69) is 21.4 Å². The van der Waals surface area contributed by atoms with Gasteiger partial charge in [0.2, 0.25) is 0 Å². The van der Waals surface area contributed by atoms with Crippen molar-refractivity contribution in [3.8, 4) is 0 Å². The van der Waals surface area contributed by atoms with Gasteiger partial charge in [-0.25, -0.2) is 9.59 Å². The smallest absolute Gasteiger partial charge is 0.407 e. The van der Waals surface area contributed by atoms with Gasteiger partial charge in [0.25, 0.3) is 0 Å². The fourth-order valence-electron chi connectivity index (χ4n) is 0.724. The van der Waals surface area contributed by atoms with Crippen LogP contribution in [0.4, 0.5) is 4.79 Å². The predicted molar refractivity (Wildman–Crippen MR) is 46.2 cm³/mol. The first kappa shape index (κ1) is 11.5. The van der Waals surface area contributed by atoms with Gasteiger partial charge in [-0.2, -0.15) is 0 Å². The van der Waals surface area contributed by atoms with Crippen LogP contribution < -0.4 is 5.32 Å². The zero-order chi connectivity index (χ0) is 10.3. The maximum absolute atomic E-state index is 11.0. The van der Waals surface area contributed by atoms with E-state index in [4.69, 9.17) is 0 Å². The van der Waals surface area contributed by atoms with Gasteiger partial charge in [-0.15, -0.1) is 6.58 Å². The lowest BCUT2D eigenvalue weighted by Crippen LogP contribution is -2.41. The van der Waals surface area contributed by atoms with Crippen molar-refractivity contribution >= 4 is 12.1 Å². The molecule has 0 heterocycles. The van der Waals surface area contributed by atoms with Crippen LogP contribution in [0.2, 0.25) is 0 Å². The third-order valence-corrected chi connectivity index (χ3v) is 1.37. The predicted octanol–water partition coefficient (Wildman–Crippen LogP) is 0.460. The number of ether oxygens (including phenoxy) is 2. The van der Waals surface area contributed by atoms with E-state index in [-0.39, 0.29) is 0 Å². The van der Waals surface area contributed by atoms with Crippen molar-refractivity contribution in [2.45, 2.75) is 12.5 Å². The average Bonchev–Trinajstić information content (AvgIpc) is 2.15. The molecule has 0 bridgehead atoms. The van der Waals surface area contributed by atoms with E-state index in [1.165, 1.54) is 20.3 Å². The van der Waals surface area contributed by atoms with E-state index in [1.807, 2.05) is 0 Å². The number of hydrogen-bond acceptors (Lipinski definition) is 4. The van der Waals surface area contributed by atoms with Gasteiger partial charge < -0.3 is 14.8 Å². The summed E-state index contributed by atoms with van der Waals surface area (Å²) in [6, 6.07) is -0.727. The minimum atomic E-state index is -0.727. The number of rotatable bonds is 4. The molecular weight excluding hydrogens is 174 g/mol. The molecule has 5 nitrogen and oxygen atoms in total. The number of carbonyl (C=O) groups is 2. The van der Waals surface area contributed by atoms with Crippen LogP contribution in [0.15, 0.2) is 12.7 Å². The molecule has 0 saturated carbocycles. The Morgan fingerprint density at radius 2 is 2.08 bits per heavy atom. The summed E-state index contributed by atoms with van der Waals surface area (Å²) in [4.78, 5) is 21.8. The molecule has 0 aromatic heterocycles. The minimum Gasteiger partial charge on any atom is -0.467 e. The van der Waals surface area contributed by atoms with Crippen molar-refractivity contribution in [3.63, 3.8) is 0 Å². The Labute approximate surface area is 76.7 Å². The third kappa shape index (κ3) is 4.15. The number of amides is 1. The van der Waals surface area contributed by atoms with Crippen LogP contribution in [-0.4, -0.2) is 32.3 Å². The SMILES string of the molecule is C=CC[C@H](NC(=O)OC)C(=O)OC. The molecule has 1 atom stereocenters. The topological polar surface area (TPSA) is 64.6 Å². The lowest BCUT2D eigenvalue weighted by molar-refractivity contribution is -0.142. The molecule has 5 heteroatoms. The number of methoxy groups -OCH3 is 2. The van der Waals surface area contributed by atoms with Crippen LogP contribution in [-0.2, 0) is 14.3 Å². The van der Waals surface area contributed by atoms with Gasteiger partial charge in [-0.05, 0) is 6.42 Å². The molecule has 0 saturated heterocycles. The summed E-state index contributed by atoms with van der Waals surface area (Å²) in [5, 5.41) is 2.31. The Kier molecular flexibility index (Phi) is 5.34. The summed E-state index contributed by atoms with van der Waals surface area (Å²) in [5.74, 6) is -0.523. The van der Waals surface area contributed by atoms with Gasteiger partial charge >= 0.3 is 12.1 Å². The molecule has 0 unspecified atom stereocenters. The lowest BCUT2D eigenvalue weighted by atomic mass is 10.2. The van der Waals surface area contributed by atoms with Gasteiger partial charge in [0.15, 0.2) is 0 Å². The summed E-state index contributed by atoms with van der Waals surface area (Å²) >= 11 is 0. The Balaban J connectivity index is 4.16. The monoisotopic (exact) mass is 187 g/mol. The van der Waals surface area contributed by atoms with E-state index in [1.54, 1.807) is 0 Å². The second kappa shape index (κ2) is 6.05. The molecule has 0 aromatic rings. The Morgan fingerprint density at radius 3 is 2.46 bits per heavy atom. The molecule has 1 amide bonds. The van der Waals surface area contributed by atoms with E-state index >= 15 is 0 Å². The summed E-state index contributed by atoms with van der Waals surface area (Å²) in [5.41, 5.74) is 0. The number of nitrogens with one attached hydrogen (secondary N) is 1. The normalized spacial score (nSPS) is 11.2. The fraction of sp³-hybridized carbons (Fsp3) is 0.500. The number of esters is 1. The summed E-state index contributed by atoms with van der Waals surface area (Å²) < 4.78 is 8.78. The fourth-order valence-corrected chi connectivity index (χ4v) is 0.724. The maximum Gasteiger partial charge on any atom is 0.407 e. The van der Waals surface area contributed by atoms with Crippen LogP contribution >= 0.6 is 0 Å². The first-order chi connectivity index (χ1) is 6.15. The second-order valence-corrected chi connectivity index (χ2v) is 2.24. The van der Waals surface area contributed by atoms with E-state index in [9.17, 15) is 9.59 Å². The summed E-state index contributed by atoms with van der Waals surface area (Å²) in [6.45, 7) is 3.45. The van der Waals surface area contributed by atoms with Crippen molar-refractivity contribution in [3.05, 3.63) is 12.7 Å². The van der Waals surface area contributed by atoms with Crippen LogP contribution in [0.5, 0.6) is 0 Å². The number of hydrogen-bond donors (Lipinski definition) is 1. The largest absolute Gasteiger partial charge is 0.467 e. The van der Waals surface area contributed by atoms with E-state index in [0.717, 1.165) is 0 Å². The molecule has 0 aliphatic rings. The molecule has 0 aromatic carbocycles. The molecule has 0 rings (SSSR count). The van der Waals surface area contributed by atoms with Crippen LogP contribution in [0.1, 0.15) is 6.42 Å². The molecule has 0 aliphatic carbocycles. The van der Waals surface area contributed by atoms with Gasteiger partial charge in [0.05, 0.1) is 14.2 Å². The Hall–Kier alpha value is -1.52. The van der Waals surface area contributed by atoms with Crippen molar-refractivity contribution < 1.29 is 19.1 Å². The van der Waals surface area contributed by atoms with Crippen molar-refractivity contribution in [2.24, 2.45) is 0 Å². The minimum absolute atomic E-state index is 0.307. The molecule has 0 spiro atoms. The highest BCUT2D eigenvalue weighted by Gasteiger charge is 2.19. The second-order valence-electron chi connectivity index (χ2n) is 2.24. The summed E-state index contributed by atoms with van der Waals surface area (Å²) in [7, 11) is 2.47. The highest BCUT2D eigenvalue weighted by Crippen LogP contribution is 1.96. The van der Waals surface area contributed by atoms with E-state index in [0.29, 0.717) is 6.42 Å². The van der Waals surface area contributed by atoms with Gasteiger partial charge in [-0.3, -0.25) is 0 Å². The maximum atomic E-state index is 11.0. The first-order valence-corrected chi connectivity index (χ1v) is 3.69. The molecule has 0 aliphatic heterocycles. The van der Waals surface area contributed by atoms with E-state index < -0.39 is 18.1 Å². The van der Waals surface area contributed by atoms with Crippen molar-refractivity contribution in [2.75, 3.05) is 14.2 Å². The van der Waals surface area contributed by atoms with Crippen molar-refractivity contribution in [1.29, 1.82) is 0 Å². The molecular formula is C8H13NO4. The van der Waals surface area contributed by atoms with Gasteiger partial charge in [0, 0.05) is 0 Å². The van der Waals surface area contributed by atoms with Gasteiger partial charge in [-0.1, -0.05) is 6.08 Å².